The second-order valence-electron chi connectivity index (χ2n) is 5.14. The summed E-state index contributed by atoms with van der Waals surface area (Å²) in [5.74, 6) is 0.497. The van der Waals surface area contributed by atoms with Gasteiger partial charge in [-0.05, 0) is 24.0 Å². The molecule has 1 saturated heterocycles. The van der Waals surface area contributed by atoms with Crippen LogP contribution in [0.1, 0.15) is 35.1 Å². The summed E-state index contributed by atoms with van der Waals surface area (Å²) in [5.41, 5.74) is 0.802. The Hall–Kier alpha value is -2.09. The van der Waals surface area contributed by atoms with E-state index in [1.165, 1.54) is 11.5 Å². The van der Waals surface area contributed by atoms with E-state index in [0.717, 1.165) is 25.0 Å². The van der Waals surface area contributed by atoms with Crippen LogP contribution in [0.2, 0.25) is 0 Å². The third kappa shape index (κ3) is 3.22. The van der Waals surface area contributed by atoms with Gasteiger partial charge in [0.15, 0.2) is 0 Å². The van der Waals surface area contributed by atoms with Gasteiger partial charge in [0.05, 0.1) is 12.2 Å². The fraction of sp³-hybridized carbons (Fsp3) is 0.500. The number of likely N-dealkylation sites (tertiary alicyclic amines) is 1. The van der Waals surface area contributed by atoms with Gasteiger partial charge < -0.3 is 9.64 Å². The number of ether oxygens (including phenoxy) is 1. The third-order valence-electron chi connectivity index (χ3n) is 3.50. The van der Waals surface area contributed by atoms with Crippen LogP contribution in [0.3, 0.4) is 0 Å². The Kier molecular flexibility index (Phi) is 4.57. The van der Waals surface area contributed by atoms with Crippen LogP contribution in [0.4, 0.5) is 0 Å². The molecule has 3 rings (SSSR count). The van der Waals surface area contributed by atoms with Crippen molar-refractivity contribution in [1.82, 2.24) is 24.7 Å². The molecule has 8 heteroatoms. The highest BCUT2D eigenvalue weighted by Gasteiger charge is 2.30. The quantitative estimate of drug-likeness (QED) is 0.832. The van der Waals surface area contributed by atoms with Gasteiger partial charge in [-0.25, -0.2) is 0 Å². The lowest BCUT2D eigenvalue weighted by Gasteiger charge is -2.16. The van der Waals surface area contributed by atoms with Crippen LogP contribution in [0, 0.1) is 0 Å². The highest BCUT2D eigenvalue weighted by molar-refractivity contribution is 7.08. The van der Waals surface area contributed by atoms with Gasteiger partial charge in [-0.3, -0.25) is 4.79 Å². The minimum Gasteiger partial charge on any atom is -0.471 e. The third-order valence-corrected chi connectivity index (χ3v) is 4.26. The van der Waals surface area contributed by atoms with E-state index in [1.54, 1.807) is 23.2 Å². The Balaban J connectivity index is 1.62. The number of rotatable bonds is 5. The Morgan fingerprint density at radius 1 is 1.50 bits per heavy atom. The average molecular weight is 319 g/mol. The number of carbonyl (C=O) groups excluding carboxylic acids is 1. The largest absolute Gasteiger partial charge is 0.471 e. The number of nitrogens with zero attached hydrogens (tertiary/aromatic N) is 5. The molecule has 7 nitrogen and oxygen atoms in total. The van der Waals surface area contributed by atoms with Crippen LogP contribution in [0.15, 0.2) is 18.3 Å². The molecular formula is C14H17N5O2S. The molecule has 0 bridgehead atoms. The maximum Gasteiger partial charge on any atom is 0.267 e. The van der Waals surface area contributed by atoms with Crippen molar-refractivity contribution in [2.24, 2.45) is 0 Å². The van der Waals surface area contributed by atoms with Crippen molar-refractivity contribution < 1.29 is 9.53 Å². The number of carbonyl (C=O) groups is 1. The summed E-state index contributed by atoms with van der Waals surface area (Å²) in [4.78, 5) is 15.0. The molecule has 2 aromatic heterocycles. The van der Waals surface area contributed by atoms with E-state index in [9.17, 15) is 4.79 Å². The van der Waals surface area contributed by atoms with Crippen LogP contribution in [0.25, 0.3) is 0 Å². The Bertz CT molecular complexity index is 633. The van der Waals surface area contributed by atoms with Crippen LogP contribution < -0.4 is 4.74 Å². The first-order valence-electron chi connectivity index (χ1n) is 7.32. The van der Waals surface area contributed by atoms with Crippen LogP contribution in [-0.4, -0.2) is 49.8 Å². The highest BCUT2D eigenvalue weighted by atomic mass is 32.1. The summed E-state index contributed by atoms with van der Waals surface area (Å²) in [7, 11) is 0. The molecule has 0 spiro atoms. The van der Waals surface area contributed by atoms with E-state index in [1.807, 2.05) is 0 Å². The summed E-state index contributed by atoms with van der Waals surface area (Å²) in [5, 5.41) is 11.7. The molecule has 0 aliphatic carbocycles. The first-order valence-corrected chi connectivity index (χ1v) is 8.10. The number of aryl methyl sites for hydroxylation is 1. The molecule has 1 aliphatic heterocycles. The summed E-state index contributed by atoms with van der Waals surface area (Å²) in [6, 6.07) is 3.55. The second kappa shape index (κ2) is 6.78. The predicted octanol–water partition coefficient (Wildman–Crippen LogP) is 1.57. The molecule has 0 saturated carbocycles. The first-order chi connectivity index (χ1) is 10.8. The zero-order valence-electron chi connectivity index (χ0n) is 12.3. The summed E-state index contributed by atoms with van der Waals surface area (Å²) in [6.45, 7) is 3.29. The molecular weight excluding hydrogens is 302 g/mol. The molecule has 3 heterocycles. The number of amides is 1. The van der Waals surface area contributed by atoms with Gasteiger partial charge in [-0.2, -0.15) is 5.10 Å². The summed E-state index contributed by atoms with van der Waals surface area (Å²) in [6.07, 6.45) is 4.08. The topological polar surface area (TPSA) is 81.1 Å². The van der Waals surface area contributed by atoms with Crippen molar-refractivity contribution in [3.63, 3.8) is 0 Å². The van der Waals surface area contributed by atoms with Gasteiger partial charge in [0.25, 0.3) is 5.91 Å². The lowest BCUT2D eigenvalue weighted by Crippen LogP contribution is -2.31. The lowest BCUT2D eigenvalue weighted by atomic mass is 10.2. The molecule has 0 radical (unpaired) electrons. The number of hydrogen-bond acceptors (Lipinski definition) is 7. The Labute approximate surface area is 132 Å². The van der Waals surface area contributed by atoms with Gasteiger partial charge in [-0.1, -0.05) is 17.8 Å². The van der Waals surface area contributed by atoms with Crippen molar-refractivity contribution in [3.05, 3.63) is 28.9 Å². The van der Waals surface area contributed by atoms with Crippen molar-refractivity contribution in [2.45, 2.75) is 32.3 Å². The monoisotopic (exact) mass is 319 g/mol. The normalized spacial score (nSPS) is 17.7. The van der Waals surface area contributed by atoms with Gasteiger partial charge in [-0.15, -0.1) is 10.2 Å². The number of aromatic nitrogens is 4. The summed E-state index contributed by atoms with van der Waals surface area (Å²) < 4.78 is 9.67. The van der Waals surface area contributed by atoms with E-state index in [4.69, 9.17) is 4.74 Å². The fourth-order valence-electron chi connectivity index (χ4n) is 2.44. The zero-order chi connectivity index (χ0) is 15.4. The molecule has 22 heavy (non-hydrogen) atoms. The van der Waals surface area contributed by atoms with E-state index in [-0.39, 0.29) is 12.0 Å². The highest BCUT2D eigenvalue weighted by Crippen LogP contribution is 2.21. The first kappa shape index (κ1) is 14.8. The minimum atomic E-state index is -0.0452. The van der Waals surface area contributed by atoms with Crippen LogP contribution >= 0.6 is 11.5 Å². The maximum absolute atomic E-state index is 12.6. The summed E-state index contributed by atoms with van der Waals surface area (Å²) >= 11 is 1.17. The molecule has 2 aromatic rings. The van der Waals surface area contributed by atoms with E-state index in [0.29, 0.717) is 23.8 Å². The molecule has 1 unspecified atom stereocenters. The standard InChI is InChI=1S/C14H17N5O2S/c1-2-4-11-13(22-18-16-11)14(20)19-8-6-10(9-19)21-12-5-3-7-15-17-12/h3,5,7,10H,2,4,6,8-9H2,1H3. The molecule has 0 aromatic carbocycles. The Morgan fingerprint density at radius 3 is 3.18 bits per heavy atom. The maximum atomic E-state index is 12.6. The molecule has 1 aliphatic rings. The lowest BCUT2D eigenvalue weighted by molar-refractivity contribution is 0.0774. The van der Waals surface area contributed by atoms with Gasteiger partial charge >= 0.3 is 0 Å². The number of hydrogen-bond donors (Lipinski definition) is 0. The SMILES string of the molecule is CCCc1nnsc1C(=O)N1CCC(Oc2cccnn2)C1. The molecule has 1 atom stereocenters. The smallest absolute Gasteiger partial charge is 0.267 e. The molecule has 1 amide bonds. The predicted molar refractivity (Wildman–Crippen MR) is 80.9 cm³/mol. The van der Waals surface area contributed by atoms with Crippen LogP contribution in [-0.2, 0) is 6.42 Å². The average Bonchev–Trinajstić information content (AvgIpc) is 3.18. The van der Waals surface area contributed by atoms with Crippen LogP contribution in [0.5, 0.6) is 5.88 Å². The molecule has 1 fully saturated rings. The molecule has 116 valence electrons. The Morgan fingerprint density at radius 2 is 2.41 bits per heavy atom. The minimum absolute atomic E-state index is 0.00342. The van der Waals surface area contributed by atoms with Crippen molar-refractivity contribution in [2.75, 3.05) is 13.1 Å². The van der Waals surface area contributed by atoms with Crippen molar-refractivity contribution in [1.29, 1.82) is 0 Å². The fourth-order valence-corrected chi connectivity index (χ4v) is 3.12. The van der Waals surface area contributed by atoms with Crippen molar-refractivity contribution in [3.8, 4) is 5.88 Å². The zero-order valence-corrected chi connectivity index (χ0v) is 13.1. The molecule has 0 N–H and O–H groups in total. The van der Waals surface area contributed by atoms with Gasteiger partial charge in [0, 0.05) is 25.2 Å². The van der Waals surface area contributed by atoms with E-state index >= 15 is 0 Å². The second-order valence-corrected chi connectivity index (χ2v) is 5.89. The van der Waals surface area contributed by atoms with Gasteiger partial charge in [0.2, 0.25) is 5.88 Å². The van der Waals surface area contributed by atoms with Gasteiger partial charge in [0.1, 0.15) is 11.0 Å². The van der Waals surface area contributed by atoms with E-state index < -0.39 is 0 Å². The van der Waals surface area contributed by atoms with Crippen molar-refractivity contribution >= 4 is 17.4 Å². The van der Waals surface area contributed by atoms with E-state index in [2.05, 4.69) is 26.7 Å².